The molecule has 0 aliphatic heterocycles. The van der Waals surface area contributed by atoms with E-state index in [-0.39, 0.29) is 5.82 Å². The minimum Gasteiger partial charge on any atom is -0.385 e. The fourth-order valence-corrected chi connectivity index (χ4v) is 3.00. The van der Waals surface area contributed by atoms with Crippen LogP contribution >= 0.6 is 0 Å². The number of para-hydroxylation sites is 1. The van der Waals surface area contributed by atoms with E-state index in [4.69, 9.17) is 0 Å². The summed E-state index contributed by atoms with van der Waals surface area (Å²) < 4.78 is 14.0. The zero-order chi connectivity index (χ0) is 13.2. The number of hydrogen-bond acceptors (Lipinski definition) is 2. The lowest BCUT2D eigenvalue weighted by Gasteiger charge is -2.14. The Morgan fingerprint density at radius 2 is 2.11 bits per heavy atom. The summed E-state index contributed by atoms with van der Waals surface area (Å²) in [5.41, 5.74) is 2.56. The molecule has 1 heterocycles. The van der Waals surface area contributed by atoms with E-state index in [1.807, 2.05) is 6.07 Å². The fraction of sp³-hybridized carbons (Fsp3) is 0.438. The smallest absolute Gasteiger partial charge is 0.149 e. The first kappa shape index (κ1) is 12.4. The van der Waals surface area contributed by atoms with Crippen LogP contribution in [0.2, 0.25) is 0 Å². The Kier molecular flexibility index (Phi) is 3.36. The molecule has 0 spiro atoms. The van der Waals surface area contributed by atoms with Gasteiger partial charge in [-0.1, -0.05) is 25.0 Å². The Morgan fingerprint density at radius 1 is 1.32 bits per heavy atom. The zero-order valence-electron chi connectivity index (χ0n) is 11.2. The van der Waals surface area contributed by atoms with Crippen molar-refractivity contribution in [3.8, 4) is 0 Å². The molecule has 3 heteroatoms. The van der Waals surface area contributed by atoms with Gasteiger partial charge in [0.05, 0.1) is 0 Å². The van der Waals surface area contributed by atoms with Crippen molar-refractivity contribution in [3.63, 3.8) is 0 Å². The number of rotatable bonds is 3. The van der Waals surface area contributed by atoms with Crippen LogP contribution in [-0.4, -0.2) is 11.5 Å². The molecule has 0 radical (unpaired) electrons. The maximum Gasteiger partial charge on any atom is 0.149 e. The monoisotopic (exact) mass is 258 g/mol. The first-order chi connectivity index (χ1) is 9.29. The topological polar surface area (TPSA) is 24.9 Å². The molecule has 1 aromatic heterocycles. The third kappa shape index (κ3) is 2.29. The van der Waals surface area contributed by atoms with Crippen molar-refractivity contribution >= 4 is 16.6 Å². The molecule has 0 unspecified atom stereocenters. The summed E-state index contributed by atoms with van der Waals surface area (Å²) in [6.07, 6.45) is 4.88. The Hall–Kier alpha value is -1.64. The highest BCUT2D eigenvalue weighted by molar-refractivity contribution is 5.91. The molecule has 2 nitrogen and oxygen atoms in total. The number of anilines is 1. The van der Waals surface area contributed by atoms with Crippen LogP contribution in [0, 0.1) is 5.82 Å². The van der Waals surface area contributed by atoms with Crippen molar-refractivity contribution in [3.05, 3.63) is 35.8 Å². The molecule has 1 saturated carbocycles. The molecule has 0 saturated heterocycles. The summed E-state index contributed by atoms with van der Waals surface area (Å²) in [6.45, 7) is 2.89. The number of nitrogens with zero attached hydrogens (tertiary/aromatic N) is 1. The largest absolute Gasteiger partial charge is 0.385 e. The average molecular weight is 258 g/mol. The molecule has 0 amide bonds. The first-order valence-electron chi connectivity index (χ1n) is 7.12. The molecular weight excluding hydrogens is 239 g/mol. The van der Waals surface area contributed by atoms with Crippen molar-refractivity contribution in [2.45, 2.75) is 38.5 Å². The number of hydrogen-bond donors (Lipinski definition) is 1. The van der Waals surface area contributed by atoms with E-state index >= 15 is 0 Å². The van der Waals surface area contributed by atoms with Gasteiger partial charge in [-0.3, -0.25) is 0 Å². The second kappa shape index (κ2) is 5.16. The van der Waals surface area contributed by atoms with Gasteiger partial charge in [0.25, 0.3) is 0 Å². The van der Waals surface area contributed by atoms with Gasteiger partial charge in [-0.05, 0) is 31.9 Å². The maximum absolute atomic E-state index is 14.0. The zero-order valence-corrected chi connectivity index (χ0v) is 11.2. The number of nitrogens with one attached hydrogen (secondary N) is 1. The summed E-state index contributed by atoms with van der Waals surface area (Å²) in [7, 11) is 0. The quantitative estimate of drug-likeness (QED) is 0.879. The van der Waals surface area contributed by atoms with Crippen LogP contribution in [0.25, 0.3) is 10.9 Å². The molecule has 1 aliphatic carbocycles. The van der Waals surface area contributed by atoms with Crippen LogP contribution in [0.3, 0.4) is 0 Å². The lowest BCUT2D eigenvalue weighted by molar-refractivity contribution is 0.633. The normalized spacial score (nSPS) is 16.1. The molecule has 1 aromatic carbocycles. The van der Waals surface area contributed by atoms with Gasteiger partial charge in [0.1, 0.15) is 11.3 Å². The third-order valence-electron chi connectivity index (χ3n) is 3.95. The van der Waals surface area contributed by atoms with E-state index in [1.165, 1.54) is 31.7 Å². The van der Waals surface area contributed by atoms with Gasteiger partial charge >= 0.3 is 0 Å². The average Bonchev–Trinajstić information content (AvgIpc) is 2.94. The molecule has 3 rings (SSSR count). The lowest BCUT2D eigenvalue weighted by atomic mass is 10.0. The Labute approximate surface area is 113 Å². The molecule has 2 aromatic rings. The molecule has 19 heavy (non-hydrogen) atoms. The first-order valence-corrected chi connectivity index (χ1v) is 7.12. The molecule has 0 bridgehead atoms. The second-order valence-electron chi connectivity index (χ2n) is 5.24. The van der Waals surface area contributed by atoms with Crippen LogP contribution in [0.15, 0.2) is 24.3 Å². The summed E-state index contributed by atoms with van der Waals surface area (Å²) in [5, 5.41) is 4.21. The highest BCUT2D eigenvalue weighted by Gasteiger charge is 2.20. The molecule has 100 valence electrons. The van der Waals surface area contributed by atoms with Crippen LogP contribution in [0.5, 0.6) is 0 Å². The van der Waals surface area contributed by atoms with Gasteiger partial charge in [-0.2, -0.15) is 0 Å². The van der Waals surface area contributed by atoms with Crippen LogP contribution in [0.4, 0.5) is 10.1 Å². The second-order valence-corrected chi connectivity index (χ2v) is 5.24. The summed E-state index contributed by atoms with van der Waals surface area (Å²) >= 11 is 0. The van der Waals surface area contributed by atoms with E-state index in [1.54, 1.807) is 6.07 Å². The van der Waals surface area contributed by atoms with Gasteiger partial charge in [0.2, 0.25) is 0 Å². The Balaban J connectivity index is 2.16. The van der Waals surface area contributed by atoms with Crippen molar-refractivity contribution in [2.75, 3.05) is 11.9 Å². The predicted molar refractivity (Wildman–Crippen MR) is 77.1 cm³/mol. The van der Waals surface area contributed by atoms with E-state index in [2.05, 4.69) is 23.3 Å². The van der Waals surface area contributed by atoms with E-state index in [9.17, 15) is 4.39 Å². The number of halogens is 1. The summed E-state index contributed by atoms with van der Waals surface area (Å²) in [4.78, 5) is 4.58. The lowest BCUT2D eigenvalue weighted by Crippen LogP contribution is -2.03. The molecule has 1 aliphatic rings. The fourth-order valence-electron chi connectivity index (χ4n) is 3.00. The van der Waals surface area contributed by atoms with Crippen molar-refractivity contribution in [1.82, 2.24) is 4.98 Å². The van der Waals surface area contributed by atoms with E-state index in [0.29, 0.717) is 11.4 Å². The highest BCUT2D eigenvalue weighted by atomic mass is 19.1. The van der Waals surface area contributed by atoms with Crippen molar-refractivity contribution in [1.29, 1.82) is 0 Å². The molecule has 1 N–H and O–H groups in total. The third-order valence-corrected chi connectivity index (χ3v) is 3.95. The van der Waals surface area contributed by atoms with Crippen LogP contribution < -0.4 is 5.32 Å². The van der Waals surface area contributed by atoms with Gasteiger partial charge < -0.3 is 5.32 Å². The van der Waals surface area contributed by atoms with Crippen LogP contribution in [0.1, 0.15) is 44.2 Å². The minimum atomic E-state index is -0.225. The van der Waals surface area contributed by atoms with Crippen molar-refractivity contribution in [2.24, 2.45) is 0 Å². The summed E-state index contributed by atoms with van der Waals surface area (Å²) in [6, 6.07) is 7.28. The van der Waals surface area contributed by atoms with E-state index in [0.717, 1.165) is 23.3 Å². The highest BCUT2D eigenvalue weighted by Crippen LogP contribution is 2.36. The number of pyridine rings is 1. The summed E-state index contributed by atoms with van der Waals surface area (Å²) in [5.74, 6) is 0.276. The van der Waals surface area contributed by atoms with Gasteiger partial charge in [0, 0.05) is 29.2 Å². The van der Waals surface area contributed by atoms with Gasteiger partial charge in [-0.25, -0.2) is 9.37 Å². The number of fused-ring (bicyclic) bond motifs is 1. The predicted octanol–water partition coefficient (Wildman–Crippen LogP) is 4.46. The van der Waals surface area contributed by atoms with Crippen LogP contribution in [-0.2, 0) is 0 Å². The molecular formula is C16H19FN2. The Bertz CT molecular complexity index is 589. The Morgan fingerprint density at radius 3 is 2.84 bits per heavy atom. The van der Waals surface area contributed by atoms with Gasteiger partial charge in [-0.15, -0.1) is 0 Å². The molecule has 0 atom stereocenters. The molecule has 1 fully saturated rings. The van der Waals surface area contributed by atoms with Gasteiger partial charge in [0.15, 0.2) is 0 Å². The van der Waals surface area contributed by atoms with Crippen molar-refractivity contribution < 1.29 is 4.39 Å². The standard InChI is InChI=1S/C16H19FN2/c1-2-18-15-10-14(11-6-3-4-7-11)19-16-12(15)8-5-9-13(16)17/h5,8-11H,2-4,6-7H2,1H3,(H,18,19). The number of aromatic nitrogens is 1. The minimum absolute atomic E-state index is 0.225. The number of benzene rings is 1. The maximum atomic E-state index is 14.0. The van der Waals surface area contributed by atoms with E-state index < -0.39 is 0 Å². The SMILES string of the molecule is CCNc1cc(C2CCCC2)nc2c(F)cccc12.